The molecule has 0 unspecified atom stereocenters. The first-order chi connectivity index (χ1) is 7.67. The summed E-state index contributed by atoms with van der Waals surface area (Å²) < 4.78 is 1.89. The second kappa shape index (κ2) is 5.12. The molecule has 1 heterocycles. The Morgan fingerprint density at radius 2 is 1.76 bits per heavy atom. The van der Waals surface area contributed by atoms with Gasteiger partial charge in [-0.2, -0.15) is 0 Å². The van der Waals surface area contributed by atoms with E-state index in [2.05, 4.69) is 62.4 Å². The molecule has 1 rings (SSSR count). The number of rotatable bonds is 4. The highest BCUT2D eigenvalue weighted by Gasteiger charge is 2.15. The van der Waals surface area contributed by atoms with Crippen molar-refractivity contribution in [1.82, 2.24) is 25.5 Å². The zero-order valence-corrected chi connectivity index (χ0v) is 11.9. The molecule has 0 aliphatic carbocycles. The van der Waals surface area contributed by atoms with E-state index < -0.39 is 0 Å². The smallest absolute Gasteiger partial charge is 0.165 e. The van der Waals surface area contributed by atoms with Crippen LogP contribution >= 0.6 is 0 Å². The summed E-state index contributed by atoms with van der Waals surface area (Å²) in [4.78, 5) is 0. The molecule has 0 aromatic carbocycles. The molecule has 0 radical (unpaired) electrons. The van der Waals surface area contributed by atoms with Crippen LogP contribution in [0.1, 0.15) is 53.8 Å². The fraction of sp³-hybridized carbons (Fsp3) is 0.917. The molecule has 5 heteroatoms. The van der Waals surface area contributed by atoms with E-state index in [1.165, 1.54) is 0 Å². The van der Waals surface area contributed by atoms with Gasteiger partial charge >= 0.3 is 0 Å². The number of aromatic nitrogens is 4. The molecule has 0 fully saturated rings. The molecule has 0 spiro atoms. The Labute approximate surface area is 104 Å². The monoisotopic (exact) mass is 239 g/mol. The Bertz CT molecular complexity index is 310. The Balaban J connectivity index is 2.54. The molecular formula is C12H25N5. The highest BCUT2D eigenvalue weighted by Crippen LogP contribution is 2.19. The van der Waals surface area contributed by atoms with Crippen LogP contribution in [0.15, 0.2) is 0 Å². The lowest BCUT2D eigenvalue weighted by atomic mass is 9.92. The Kier molecular flexibility index (Phi) is 4.25. The normalized spacial score (nSPS) is 13.1. The van der Waals surface area contributed by atoms with E-state index in [1.54, 1.807) is 0 Å². The predicted molar refractivity (Wildman–Crippen MR) is 68.5 cm³/mol. The lowest BCUT2D eigenvalue weighted by Crippen LogP contribution is -2.36. The summed E-state index contributed by atoms with van der Waals surface area (Å²) in [6.07, 6.45) is 1.07. The maximum atomic E-state index is 4.06. The average molecular weight is 239 g/mol. The van der Waals surface area contributed by atoms with E-state index in [1.807, 2.05) is 4.68 Å². The standard InChI is InChI=1S/C12H25N5/c1-11(2,3)7-8-17-10(14-15-16-17)9-13-12(4,5)6/h13H,7-9H2,1-6H3. The average Bonchev–Trinajstić information content (AvgIpc) is 2.56. The van der Waals surface area contributed by atoms with Crippen LogP contribution in [0.5, 0.6) is 0 Å². The van der Waals surface area contributed by atoms with Gasteiger partial charge in [-0.1, -0.05) is 20.8 Å². The van der Waals surface area contributed by atoms with Crippen LogP contribution in [0.2, 0.25) is 0 Å². The zero-order valence-electron chi connectivity index (χ0n) is 11.9. The summed E-state index contributed by atoms with van der Waals surface area (Å²) in [5.74, 6) is 0.907. The van der Waals surface area contributed by atoms with Crippen molar-refractivity contribution in [3.63, 3.8) is 0 Å². The van der Waals surface area contributed by atoms with Crippen LogP contribution < -0.4 is 5.32 Å². The molecule has 0 saturated heterocycles. The van der Waals surface area contributed by atoms with Gasteiger partial charge < -0.3 is 5.32 Å². The lowest BCUT2D eigenvalue weighted by molar-refractivity contribution is 0.331. The van der Waals surface area contributed by atoms with Crippen LogP contribution in [0.4, 0.5) is 0 Å². The molecule has 1 aromatic rings. The number of aryl methyl sites for hydroxylation is 1. The molecule has 1 N–H and O–H groups in total. The van der Waals surface area contributed by atoms with Crippen molar-refractivity contribution >= 4 is 0 Å². The maximum Gasteiger partial charge on any atom is 0.165 e. The van der Waals surface area contributed by atoms with Gasteiger partial charge in [0, 0.05) is 12.1 Å². The first kappa shape index (κ1) is 14.1. The third-order valence-electron chi connectivity index (χ3n) is 2.46. The van der Waals surface area contributed by atoms with E-state index in [0.717, 1.165) is 18.8 Å². The molecule has 17 heavy (non-hydrogen) atoms. The van der Waals surface area contributed by atoms with Crippen LogP contribution in [-0.4, -0.2) is 25.7 Å². The summed E-state index contributed by atoms with van der Waals surface area (Å²) in [5.41, 5.74) is 0.390. The van der Waals surface area contributed by atoms with Crippen molar-refractivity contribution in [3.8, 4) is 0 Å². The molecule has 0 amide bonds. The summed E-state index contributed by atoms with van der Waals surface area (Å²) >= 11 is 0. The van der Waals surface area contributed by atoms with Crippen molar-refractivity contribution in [2.75, 3.05) is 0 Å². The van der Waals surface area contributed by atoms with Gasteiger partial charge in [-0.3, -0.25) is 0 Å². The van der Waals surface area contributed by atoms with Crippen molar-refractivity contribution in [1.29, 1.82) is 0 Å². The molecule has 0 atom stereocenters. The minimum absolute atomic E-state index is 0.0841. The predicted octanol–water partition coefficient (Wildman–Crippen LogP) is 2.00. The molecule has 0 aliphatic rings. The lowest BCUT2D eigenvalue weighted by Gasteiger charge is -2.21. The number of nitrogens with one attached hydrogen (secondary N) is 1. The molecule has 0 saturated carbocycles. The van der Waals surface area contributed by atoms with Crippen LogP contribution in [0.25, 0.3) is 0 Å². The number of hydrogen-bond donors (Lipinski definition) is 1. The molecule has 98 valence electrons. The van der Waals surface area contributed by atoms with Crippen LogP contribution in [-0.2, 0) is 13.1 Å². The number of tetrazole rings is 1. The molecule has 0 aliphatic heterocycles. The molecule has 1 aromatic heterocycles. The Morgan fingerprint density at radius 1 is 1.12 bits per heavy atom. The largest absolute Gasteiger partial charge is 0.305 e. The fourth-order valence-electron chi connectivity index (χ4n) is 1.31. The van der Waals surface area contributed by atoms with E-state index in [4.69, 9.17) is 0 Å². The van der Waals surface area contributed by atoms with Gasteiger partial charge in [0.2, 0.25) is 0 Å². The van der Waals surface area contributed by atoms with Gasteiger partial charge in [0.25, 0.3) is 0 Å². The summed E-state index contributed by atoms with van der Waals surface area (Å²) in [6.45, 7) is 14.7. The van der Waals surface area contributed by atoms with E-state index in [-0.39, 0.29) is 5.54 Å². The van der Waals surface area contributed by atoms with E-state index >= 15 is 0 Å². The maximum absolute atomic E-state index is 4.06. The van der Waals surface area contributed by atoms with Gasteiger partial charge in [-0.05, 0) is 43.0 Å². The van der Waals surface area contributed by atoms with Crippen molar-refractivity contribution < 1.29 is 0 Å². The van der Waals surface area contributed by atoms with Gasteiger partial charge in [-0.25, -0.2) is 4.68 Å². The second-order valence-corrected chi connectivity index (χ2v) is 6.73. The van der Waals surface area contributed by atoms with Gasteiger partial charge in [0.05, 0.1) is 6.54 Å². The van der Waals surface area contributed by atoms with E-state index in [0.29, 0.717) is 12.0 Å². The molecule has 5 nitrogen and oxygen atoms in total. The third kappa shape index (κ3) is 5.77. The van der Waals surface area contributed by atoms with Crippen molar-refractivity contribution in [2.45, 2.75) is 66.6 Å². The summed E-state index contributed by atoms with van der Waals surface area (Å²) in [5, 5.41) is 15.2. The molecule has 0 bridgehead atoms. The first-order valence-corrected chi connectivity index (χ1v) is 6.17. The minimum atomic E-state index is 0.0841. The van der Waals surface area contributed by atoms with Gasteiger partial charge in [-0.15, -0.1) is 5.10 Å². The van der Waals surface area contributed by atoms with Gasteiger partial charge in [0.15, 0.2) is 5.82 Å². The summed E-state index contributed by atoms with van der Waals surface area (Å²) in [6, 6.07) is 0. The highest BCUT2D eigenvalue weighted by molar-refractivity contribution is 4.83. The second-order valence-electron chi connectivity index (χ2n) is 6.73. The van der Waals surface area contributed by atoms with Gasteiger partial charge in [0.1, 0.15) is 0 Å². The Morgan fingerprint density at radius 3 is 2.29 bits per heavy atom. The van der Waals surface area contributed by atoms with Crippen molar-refractivity contribution in [3.05, 3.63) is 5.82 Å². The van der Waals surface area contributed by atoms with Crippen molar-refractivity contribution in [2.24, 2.45) is 5.41 Å². The zero-order chi connectivity index (χ0) is 13.1. The SMILES string of the molecule is CC(C)(C)CCn1nnnc1CNC(C)(C)C. The quantitative estimate of drug-likeness (QED) is 0.873. The van der Waals surface area contributed by atoms with Crippen LogP contribution in [0.3, 0.4) is 0 Å². The van der Waals surface area contributed by atoms with Crippen LogP contribution in [0, 0.1) is 5.41 Å². The molecular weight excluding hydrogens is 214 g/mol. The first-order valence-electron chi connectivity index (χ1n) is 6.17. The fourth-order valence-corrected chi connectivity index (χ4v) is 1.31. The highest BCUT2D eigenvalue weighted by atomic mass is 15.5. The van der Waals surface area contributed by atoms with E-state index in [9.17, 15) is 0 Å². The minimum Gasteiger partial charge on any atom is -0.305 e. The third-order valence-corrected chi connectivity index (χ3v) is 2.46. The Hall–Kier alpha value is -0.970. The topological polar surface area (TPSA) is 55.6 Å². The number of hydrogen-bond acceptors (Lipinski definition) is 4. The number of nitrogens with zero attached hydrogens (tertiary/aromatic N) is 4. The summed E-state index contributed by atoms with van der Waals surface area (Å²) in [7, 11) is 0.